The van der Waals surface area contributed by atoms with Crippen molar-refractivity contribution in [3.05, 3.63) is 23.3 Å². The van der Waals surface area contributed by atoms with Gasteiger partial charge in [-0.2, -0.15) is 0 Å². The molecule has 1 aromatic heterocycles. The lowest BCUT2D eigenvalue weighted by Crippen LogP contribution is -2.39. The van der Waals surface area contributed by atoms with Gasteiger partial charge in [0, 0.05) is 41.5 Å². The summed E-state index contributed by atoms with van der Waals surface area (Å²) in [6.45, 7) is 0. The number of nitrogens with zero attached hydrogens (tertiary/aromatic N) is 3. The van der Waals surface area contributed by atoms with Gasteiger partial charge in [-0.1, -0.05) is 0 Å². The normalized spacial score (nSPS) is 36.9. The van der Waals surface area contributed by atoms with Crippen LogP contribution in [0.3, 0.4) is 0 Å². The Morgan fingerprint density at radius 1 is 1.20 bits per heavy atom. The molecule has 3 atom stereocenters. The van der Waals surface area contributed by atoms with Crippen molar-refractivity contribution in [3.8, 4) is 0 Å². The van der Waals surface area contributed by atoms with E-state index in [9.17, 15) is 0 Å². The highest BCUT2D eigenvalue weighted by atomic mass is 15.2. The molecular weight excluding hydrogens is 248 g/mol. The van der Waals surface area contributed by atoms with Crippen LogP contribution in [0.25, 0.3) is 0 Å². The molecule has 1 aliphatic carbocycles. The summed E-state index contributed by atoms with van der Waals surface area (Å²) in [6, 6.07) is 1.66. The van der Waals surface area contributed by atoms with Gasteiger partial charge >= 0.3 is 0 Å². The van der Waals surface area contributed by atoms with Crippen LogP contribution in [0.2, 0.25) is 0 Å². The van der Waals surface area contributed by atoms with Gasteiger partial charge in [0.1, 0.15) is 5.82 Å². The van der Waals surface area contributed by atoms with Crippen molar-refractivity contribution >= 4 is 0 Å². The first-order valence-corrected chi connectivity index (χ1v) is 8.05. The quantitative estimate of drug-likeness (QED) is 0.851. The van der Waals surface area contributed by atoms with Crippen LogP contribution in [0.1, 0.15) is 67.6 Å². The summed E-state index contributed by atoms with van der Waals surface area (Å²) in [7, 11) is 2.28. The molecule has 2 aliphatic heterocycles. The van der Waals surface area contributed by atoms with E-state index in [4.69, 9.17) is 10.7 Å². The Hall–Kier alpha value is -1.00. The molecule has 0 saturated carbocycles. The van der Waals surface area contributed by atoms with Gasteiger partial charge in [-0.05, 0) is 52.0 Å². The highest BCUT2D eigenvalue weighted by molar-refractivity contribution is 5.25. The van der Waals surface area contributed by atoms with Gasteiger partial charge in [-0.15, -0.1) is 0 Å². The van der Waals surface area contributed by atoms with E-state index in [0.29, 0.717) is 5.92 Å². The number of aromatic nitrogens is 2. The molecule has 0 radical (unpaired) electrons. The van der Waals surface area contributed by atoms with Crippen molar-refractivity contribution in [2.75, 3.05) is 7.05 Å². The van der Waals surface area contributed by atoms with Crippen LogP contribution in [-0.4, -0.2) is 34.0 Å². The van der Waals surface area contributed by atoms with E-state index < -0.39 is 0 Å². The number of hydrogen-bond acceptors (Lipinski definition) is 4. The lowest BCUT2D eigenvalue weighted by atomic mass is 9.89. The van der Waals surface area contributed by atoms with Crippen LogP contribution >= 0.6 is 0 Å². The van der Waals surface area contributed by atoms with Gasteiger partial charge in [0.2, 0.25) is 0 Å². The first kappa shape index (κ1) is 12.7. The SMILES string of the molecule is CN1C2CCC1CC(c1ncc3c(n1)CCCC3N)C2. The Labute approximate surface area is 120 Å². The summed E-state index contributed by atoms with van der Waals surface area (Å²) in [5.74, 6) is 1.65. The zero-order chi connectivity index (χ0) is 13.7. The topological polar surface area (TPSA) is 55.0 Å². The molecule has 1 aromatic rings. The van der Waals surface area contributed by atoms with E-state index in [1.807, 2.05) is 6.20 Å². The number of fused-ring (bicyclic) bond motifs is 3. The molecule has 4 nitrogen and oxygen atoms in total. The van der Waals surface area contributed by atoms with Gasteiger partial charge in [-0.25, -0.2) is 9.97 Å². The molecule has 0 aromatic carbocycles. The molecule has 0 spiro atoms. The predicted octanol–water partition coefficient (Wildman–Crippen LogP) is 2.15. The molecule has 3 unspecified atom stereocenters. The summed E-state index contributed by atoms with van der Waals surface area (Å²) < 4.78 is 0. The fourth-order valence-corrected chi connectivity index (χ4v) is 4.42. The van der Waals surface area contributed by atoms with E-state index in [1.54, 1.807) is 0 Å². The van der Waals surface area contributed by atoms with E-state index in [0.717, 1.165) is 30.7 Å². The fourth-order valence-electron chi connectivity index (χ4n) is 4.42. The van der Waals surface area contributed by atoms with Crippen molar-refractivity contribution < 1.29 is 0 Å². The maximum atomic E-state index is 6.16. The molecule has 0 amide bonds. The van der Waals surface area contributed by atoms with Crippen LogP contribution in [0.4, 0.5) is 0 Å². The van der Waals surface area contributed by atoms with E-state index in [1.165, 1.54) is 43.4 Å². The summed E-state index contributed by atoms with van der Waals surface area (Å²) in [5, 5.41) is 0. The lowest BCUT2D eigenvalue weighted by Gasteiger charge is -2.36. The lowest BCUT2D eigenvalue weighted by molar-refractivity contribution is 0.158. The minimum Gasteiger partial charge on any atom is -0.324 e. The maximum absolute atomic E-state index is 6.16. The smallest absolute Gasteiger partial charge is 0.131 e. The number of rotatable bonds is 1. The Bertz CT molecular complexity index is 501. The zero-order valence-electron chi connectivity index (χ0n) is 12.3. The maximum Gasteiger partial charge on any atom is 0.131 e. The first-order chi connectivity index (χ1) is 9.72. The predicted molar refractivity (Wildman–Crippen MR) is 78.4 cm³/mol. The van der Waals surface area contributed by atoms with Crippen LogP contribution < -0.4 is 5.73 Å². The zero-order valence-corrected chi connectivity index (χ0v) is 12.3. The van der Waals surface area contributed by atoms with Gasteiger partial charge in [0.15, 0.2) is 0 Å². The third kappa shape index (κ3) is 1.97. The Kier molecular flexibility index (Phi) is 3.04. The van der Waals surface area contributed by atoms with E-state index >= 15 is 0 Å². The Morgan fingerprint density at radius 3 is 2.70 bits per heavy atom. The number of hydrogen-bond donors (Lipinski definition) is 1. The Morgan fingerprint density at radius 2 is 1.95 bits per heavy atom. The Balaban J connectivity index is 1.60. The molecule has 3 aliphatic rings. The van der Waals surface area contributed by atoms with Gasteiger partial charge in [0.25, 0.3) is 0 Å². The van der Waals surface area contributed by atoms with E-state index in [2.05, 4.69) is 16.9 Å². The molecule has 108 valence electrons. The molecule has 2 N–H and O–H groups in total. The van der Waals surface area contributed by atoms with Crippen LogP contribution in [0, 0.1) is 0 Å². The summed E-state index contributed by atoms with van der Waals surface area (Å²) in [4.78, 5) is 12.2. The van der Waals surface area contributed by atoms with Gasteiger partial charge in [0.05, 0.1) is 0 Å². The highest BCUT2D eigenvalue weighted by Gasteiger charge is 2.40. The monoisotopic (exact) mass is 272 g/mol. The molecular formula is C16H24N4. The second-order valence-electron chi connectivity index (χ2n) is 6.85. The minimum absolute atomic E-state index is 0.154. The summed E-state index contributed by atoms with van der Waals surface area (Å²) >= 11 is 0. The third-order valence-electron chi connectivity index (χ3n) is 5.71. The largest absolute Gasteiger partial charge is 0.324 e. The molecule has 20 heavy (non-hydrogen) atoms. The van der Waals surface area contributed by atoms with Gasteiger partial charge in [-0.3, -0.25) is 0 Å². The van der Waals surface area contributed by atoms with Crippen molar-refractivity contribution in [1.82, 2.24) is 14.9 Å². The highest BCUT2D eigenvalue weighted by Crippen LogP contribution is 2.41. The molecule has 3 heterocycles. The second kappa shape index (κ2) is 4.78. The van der Waals surface area contributed by atoms with Crippen molar-refractivity contribution in [1.29, 1.82) is 0 Å². The first-order valence-electron chi connectivity index (χ1n) is 8.05. The number of nitrogens with two attached hydrogens (primary N) is 1. The molecule has 4 heteroatoms. The average molecular weight is 272 g/mol. The third-order valence-corrected chi connectivity index (χ3v) is 5.71. The second-order valence-corrected chi connectivity index (χ2v) is 6.85. The fraction of sp³-hybridized carbons (Fsp3) is 0.750. The summed E-state index contributed by atoms with van der Waals surface area (Å²) in [6.07, 6.45) is 10.5. The molecule has 2 bridgehead atoms. The minimum atomic E-state index is 0.154. The van der Waals surface area contributed by atoms with Gasteiger partial charge < -0.3 is 10.6 Å². The standard InChI is InChI=1S/C16H24N4/c1-20-11-5-6-12(20)8-10(7-11)16-18-9-13-14(17)3-2-4-15(13)19-16/h9-12,14H,2-8,17H2,1H3. The van der Waals surface area contributed by atoms with Crippen molar-refractivity contribution in [2.24, 2.45) is 5.73 Å². The van der Waals surface area contributed by atoms with Crippen LogP contribution in [-0.2, 0) is 6.42 Å². The van der Waals surface area contributed by atoms with Crippen LogP contribution in [0.5, 0.6) is 0 Å². The number of piperidine rings is 1. The number of aryl methyl sites for hydroxylation is 1. The van der Waals surface area contributed by atoms with E-state index in [-0.39, 0.29) is 6.04 Å². The molecule has 2 saturated heterocycles. The van der Waals surface area contributed by atoms with Crippen molar-refractivity contribution in [2.45, 2.75) is 69.0 Å². The average Bonchev–Trinajstić information content (AvgIpc) is 2.69. The van der Waals surface area contributed by atoms with Crippen LogP contribution in [0.15, 0.2) is 6.20 Å². The summed E-state index contributed by atoms with van der Waals surface area (Å²) in [5.41, 5.74) is 8.57. The molecule has 4 rings (SSSR count). The molecule has 2 fully saturated rings. The van der Waals surface area contributed by atoms with Crippen molar-refractivity contribution in [3.63, 3.8) is 0 Å².